The smallest absolute Gasteiger partial charge is 0.387 e. The minimum Gasteiger partial charge on any atom is -0.462 e. The maximum Gasteiger partial charge on any atom is 0.387 e. The molecule has 0 N–H and O–H groups in total. The van der Waals surface area contributed by atoms with Crippen LogP contribution in [0.5, 0.6) is 5.75 Å². The molecule has 7 heteroatoms. The van der Waals surface area contributed by atoms with E-state index in [1.807, 2.05) is 0 Å². The standard InChI is InChI=1S/C11H8F2INO3/c1-2-17-10(16)6-3-7(5-15)9(14)8(4-6)18-11(12)13/h3-4,11H,2H2,1H3. The molecular weight excluding hydrogens is 359 g/mol. The highest BCUT2D eigenvalue weighted by Crippen LogP contribution is 2.28. The zero-order valence-electron chi connectivity index (χ0n) is 9.25. The molecule has 1 aromatic rings. The fourth-order valence-corrected chi connectivity index (χ4v) is 1.75. The fraction of sp³-hybridized carbons (Fsp3) is 0.273. The highest BCUT2D eigenvalue weighted by molar-refractivity contribution is 14.1. The molecule has 0 aromatic heterocycles. The van der Waals surface area contributed by atoms with Gasteiger partial charge in [0, 0.05) is 0 Å². The number of esters is 1. The molecule has 0 bridgehead atoms. The zero-order valence-corrected chi connectivity index (χ0v) is 11.4. The largest absolute Gasteiger partial charge is 0.462 e. The van der Waals surface area contributed by atoms with E-state index in [1.54, 1.807) is 35.6 Å². The molecule has 0 radical (unpaired) electrons. The Hall–Kier alpha value is -1.43. The zero-order chi connectivity index (χ0) is 13.7. The number of nitriles is 1. The van der Waals surface area contributed by atoms with Gasteiger partial charge in [0.05, 0.1) is 21.3 Å². The van der Waals surface area contributed by atoms with Crippen molar-refractivity contribution < 1.29 is 23.0 Å². The highest BCUT2D eigenvalue weighted by atomic mass is 127. The predicted octanol–water partition coefficient (Wildman–Crippen LogP) is 2.94. The third-order valence-corrected chi connectivity index (χ3v) is 3.00. The molecular formula is C11H8F2INO3. The highest BCUT2D eigenvalue weighted by Gasteiger charge is 2.17. The number of halogens is 3. The summed E-state index contributed by atoms with van der Waals surface area (Å²) in [5.74, 6) is -0.905. The van der Waals surface area contributed by atoms with E-state index in [2.05, 4.69) is 4.74 Å². The summed E-state index contributed by atoms with van der Waals surface area (Å²) < 4.78 is 33.6. The van der Waals surface area contributed by atoms with Crippen LogP contribution in [0, 0.1) is 14.9 Å². The third-order valence-electron chi connectivity index (χ3n) is 1.89. The average Bonchev–Trinajstić information content (AvgIpc) is 2.31. The van der Waals surface area contributed by atoms with Crippen LogP contribution >= 0.6 is 22.6 Å². The van der Waals surface area contributed by atoms with Gasteiger partial charge < -0.3 is 9.47 Å². The Morgan fingerprint density at radius 2 is 2.22 bits per heavy atom. The van der Waals surface area contributed by atoms with Crippen LogP contribution in [0.2, 0.25) is 0 Å². The molecule has 0 saturated carbocycles. The van der Waals surface area contributed by atoms with Crippen LogP contribution in [0.25, 0.3) is 0 Å². The van der Waals surface area contributed by atoms with Crippen molar-refractivity contribution in [2.24, 2.45) is 0 Å². The van der Waals surface area contributed by atoms with E-state index in [9.17, 15) is 13.6 Å². The van der Waals surface area contributed by atoms with Gasteiger partial charge in [-0.3, -0.25) is 0 Å². The van der Waals surface area contributed by atoms with Gasteiger partial charge in [0.15, 0.2) is 0 Å². The van der Waals surface area contributed by atoms with Gasteiger partial charge in [-0.1, -0.05) is 0 Å². The number of nitrogens with zero attached hydrogens (tertiary/aromatic N) is 1. The Kier molecular flexibility index (Phi) is 5.27. The van der Waals surface area contributed by atoms with Gasteiger partial charge in [-0.05, 0) is 41.6 Å². The molecule has 4 nitrogen and oxygen atoms in total. The van der Waals surface area contributed by atoms with Crippen molar-refractivity contribution in [1.29, 1.82) is 5.26 Å². The number of carbonyl (C=O) groups is 1. The first-order valence-electron chi connectivity index (χ1n) is 4.85. The topological polar surface area (TPSA) is 59.3 Å². The maximum absolute atomic E-state index is 12.2. The van der Waals surface area contributed by atoms with Crippen LogP contribution in [0.15, 0.2) is 12.1 Å². The molecule has 0 aliphatic carbocycles. The van der Waals surface area contributed by atoms with Crippen molar-refractivity contribution in [3.63, 3.8) is 0 Å². The van der Waals surface area contributed by atoms with Crippen molar-refractivity contribution in [2.75, 3.05) is 6.61 Å². The molecule has 96 valence electrons. The summed E-state index contributed by atoms with van der Waals surface area (Å²) in [6.45, 7) is -1.26. The fourth-order valence-electron chi connectivity index (χ4n) is 1.19. The molecule has 18 heavy (non-hydrogen) atoms. The number of ether oxygens (including phenoxy) is 2. The normalized spacial score (nSPS) is 10.0. The summed E-state index contributed by atoms with van der Waals surface area (Å²) in [5.41, 5.74) is 0.0845. The van der Waals surface area contributed by atoms with E-state index in [0.29, 0.717) is 0 Å². The Balaban J connectivity index is 3.22. The van der Waals surface area contributed by atoms with E-state index < -0.39 is 12.6 Å². The van der Waals surface area contributed by atoms with Crippen molar-refractivity contribution in [3.8, 4) is 11.8 Å². The van der Waals surface area contributed by atoms with Gasteiger partial charge in [0.2, 0.25) is 0 Å². The van der Waals surface area contributed by atoms with Crippen LogP contribution in [0.1, 0.15) is 22.8 Å². The lowest BCUT2D eigenvalue weighted by Crippen LogP contribution is -2.09. The monoisotopic (exact) mass is 367 g/mol. The number of hydrogen-bond donors (Lipinski definition) is 0. The number of benzene rings is 1. The van der Waals surface area contributed by atoms with Crippen molar-refractivity contribution >= 4 is 28.6 Å². The molecule has 0 spiro atoms. The maximum atomic E-state index is 12.2. The van der Waals surface area contributed by atoms with Crippen molar-refractivity contribution in [1.82, 2.24) is 0 Å². The third kappa shape index (κ3) is 3.53. The van der Waals surface area contributed by atoms with E-state index >= 15 is 0 Å². The summed E-state index contributed by atoms with van der Waals surface area (Å²) in [7, 11) is 0. The van der Waals surface area contributed by atoms with Crippen LogP contribution in [0.4, 0.5) is 8.78 Å². The van der Waals surface area contributed by atoms with Gasteiger partial charge in [0.25, 0.3) is 0 Å². The Bertz CT molecular complexity index is 500. The van der Waals surface area contributed by atoms with E-state index in [-0.39, 0.29) is 27.1 Å². The molecule has 0 aliphatic heterocycles. The second-order valence-corrected chi connectivity index (χ2v) is 4.13. The number of hydrogen-bond acceptors (Lipinski definition) is 4. The SMILES string of the molecule is CCOC(=O)c1cc(C#N)c(I)c(OC(F)F)c1. The van der Waals surface area contributed by atoms with Crippen molar-refractivity contribution in [3.05, 3.63) is 26.8 Å². The number of carbonyl (C=O) groups excluding carboxylic acids is 1. The van der Waals surface area contributed by atoms with Crippen molar-refractivity contribution in [2.45, 2.75) is 13.5 Å². The minimum atomic E-state index is -3.03. The summed E-state index contributed by atoms with van der Waals surface area (Å²) in [6.07, 6.45) is 0. The Morgan fingerprint density at radius 1 is 1.56 bits per heavy atom. The van der Waals surface area contributed by atoms with Crippen LogP contribution in [0.3, 0.4) is 0 Å². The van der Waals surface area contributed by atoms with Gasteiger partial charge in [-0.25, -0.2) is 4.79 Å². The van der Waals surface area contributed by atoms with Crippen LogP contribution in [-0.2, 0) is 4.74 Å². The van der Waals surface area contributed by atoms with E-state index in [1.165, 1.54) is 6.07 Å². The predicted molar refractivity (Wildman–Crippen MR) is 66.5 cm³/mol. The molecule has 0 saturated heterocycles. The minimum absolute atomic E-state index is 0.00414. The Labute approximate surface area is 116 Å². The van der Waals surface area contributed by atoms with E-state index in [0.717, 1.165) is 6.07 Å². The summed E-state index contributed by atoms with van der Waals surface area (Å²) in [5, 5.41) is 8.86. The van der Waals surface area contributed by atoms with Gasteiger partial charge in [-0.2, -0.15) is 14.0 Å². The van der Waals surface area contributed by atoms with Gasteiger partial charge >= 0.3 is 12.6 Å². The lowest BCUT2D eigenvalue weighted by molar-refractivity contribution is -0.0505. The molecule has 0 amide bonds. The molecule has 0 fully saturated rings. The first-order chi connectivity index (χ1) is 8.49. The molecule has 1 aromatic carbocycles. The summed E-state index contributed by atoms with van der Waals surface area (Å²) in [6, 6.07) is 4.21. The molecule has 1 rings (SSSR count). The molecule has 0 aliphatic rings. The average molecular weight is 367 g/mol. The van der Waals surface area contributed by atoms with Crippen LogP contribution < -0.4 is 4.74 Å². The number of alkyl halides is 2. The molecule has 0 unspecified atom stereocenters. The quantitative estimate of drug-likeness (QED) is 0.607. The first kappa shape index (κ1) is 14.6. The first-order valence-corrected chi connectivity index (χ1v) is 5.93. The lowest BCUT2D eigenvalue weighted by Gasteiger charge is -2.10. The van der Waals surface area contributed by atoms with Crippen LogP contribution in [-0.4, -0.2) is 19.2 Å². The van der Waals surface area contributed by atoms with E-state index in [4.69, 9.17) is 10.00 Å². The Morgan fingerprint density at radius 3 is 2.72 bits per heavy atom. The van der Waals surface area contributed by atoms with Gasteiger partial charge in [-0.15, -0.1) is 0 Å². The lowest BCUT2D eigenvalue weighted by atomic mass is 10.1. The molecule has 0 heterocycles. The second kappa shape index (κ2) is 6.49. The summed E-state index contributed by atoms with van der Waals surface area (Å²) in [4.78, 5) is 11.5. The molecule has 0 atom stereocenters. The number of rotatable bonds is 4. The summed E-state index contributed by atoms with van der Waals surface area (Å²) >= 11 is 1.70. The second-order valence-electron chi connectivity index (χ2n) is 3.05. The van der Waals surface area contributed by atoms with Gasteiger partial charge in [0.1, 0.15) is 11.8 Å².